The molecule has 1 N–H and O–H groups in total. The molecular formula is C13H19N. The molecule has 0 saturated heterocycles. The highest BCUT2D eigenvalue weighted by Gasteiger charge is 1.94. The van der Waals surface area contributed by atoms with E-state index in [0.717, 1.165) is 23.4 Å². The maximum absolute atomic E-state index is 3.89. The molecule has 1 nitrogen and oxygen atoms in total. The molecule has 0 amide bonds. The van der Waals surface area contributed by atoms with Crippen LogP contribution in [-0.2, 0) is 0 Å². The van der Waals surface area contributed by atoms with Gasteiger partial charge >= 0.3 is 0 Å². The second kappa shape index (κ2) is 6.96. The number of allylic oxidation sites excluding steroid dienone is 4. The topological polar surface area (TPSA) is 12.0 Å². The van der Waals surface area contributed by atoms with Gasteiger partial charge in [0.2, 0.25) is 0 Å². The molecule has 0 heterocycles. The van der Waals surface area contributed by atoms with E-state index in [1.54, 1.807) is 0 Å². The number of hydrogen-bond donors (Lipinski definition) is 1. The molecule has 0 radical (unpaired) electrons. The van der Waals surface area contributed by atoms with Gasteiger partial charge in [-0.25, -0.2) is 0 Å². The summed E-state index contributed by atoms with van der Waals surface area (Å²) in [5.41, 5.74) is 2.81. The SMILES string of the molecule is C=C(C)CNC(=C)C(=C)/C=C\C=C/C. The highest BCUT2D eigenvalue weighted by molar-refractivity contribution is 5.35. The van der Waals surface area contributed by atoms with Crippen molar-refractivity contribution in [1.29, 1.82) is 0 Å². The van der Waals surface area contributed by atoms with Gasteiger partial charge in [0.15, 0.2) is 0 Å². The Morgan fingerprint density at radius 1 is 1.21 bits per heavy atom. The Morgan fingerprint density at radius 2 is 1.86 bits per heavy atom. The average Bonchev–Trinajstić information content (AvgIpc) is 2.14. The third-order valence-electron chi connectivity index (χ3n) is 1.59. The zero-order chi connectivity index (χ0) is 11.0. The maximum atomic E-state index is 3.89. The first-order chi connectivity index (χ1) is 6.57. The summed E-state index contributed by atoms with van der Waals surface area (Å²) in [6.45, 7) is 16.3. The van der Waals surface area contributed by atoms with Crippen LogP contribution >= 0.6 is 0 Å². The van der Waals surface area contributed by atoms with E-state index in [0.29, 0.717) is 0 Å². The van der Waals surface area contributed by atoms with Crippen molar-refractivity contribution in [3.63, 3.8) is 0 Å². The fraction of sp³-hybridized carbons (Fsp3) is 0.231. The zero-order valence-corrected chi connectivity index (χ0v) is 9.14. The molecule has 0 spiro atoms. The Kier molecular flexibility index (Phi) is 6.21. The van der Waals surface area contributed by atoms with E-state index in [-0.39, 0.29) is 0 Å². The maximum Gasteiger partial charge on any atom is 0.0354 e. The molecule has 0 fully saturated rings. The summed E-state index contributed by atoms with van der Waals surface area (Å²) in [6.07, 6.45) is 7.79. The van der Waals surface area contributed by atoms with Crippen LogP contribution in [0.2, 0.25) is 0 Å². The van der Waals surface area contributed by atoms with Crippen molar-refractivity contribution in [2.24, 2.45) is 0 Å². The highest BCUT2D eigenvalue weighted by atomic mass is 14.9. The fourth-order valence-electron chi connectivity index (χ4n) is 0.755. The lowest BCUT2D eigenvalue weighted by Gasteiger charge is -2.08. The Hall–Kier alpha value is -1.50. The van der Waals surface area contributed by atoms with Crippen molar-refractivity contribution in [1.82, 2.24) is 5.32 Å². The van der Waals surface area contributed by atoms with E-state index >= 15 is 0 Å². The Bertz CT molecular complexity index is 280. The largest absolute Gasteiger partial charge is 0.381 e. The van der Waals surface area contributed by atoms with Gasteiger partial charge in [0.1, 0.15) is 0 Å². The molecule has 14 heavy (non-hydrogen) atoms. The van der Waals surface area contributed by atoms with Gasteiger partial charge in [-0.3, -0.25) is 0 Å². The quantitative estimate of drug-likeness (QED) is 0.499. The number of hydrogen-bond acceptors (Lipinski definition) is 1. The summed E-state index contributed by atoms with van der Waals surface area (Å²) in [7, 11) is 0. The van der Waals surface area contributed by atoms with Crippen molar-refractivity contribution in [3.8, 4) is 0 Å². The van der Waals surface area contributed by atoms with Crippen molar-refractivity contribution in [3.05, 3.63) is 60.9 Å². The lowest BCUT2D eigenvalue weighted by Crippen LogP contribution is -2.14. The van der Waals surface area contributed by atoms with Crippen LogP contribution in [0.4, 0.5) is 0 Å². The molecule has 0 rings (SSSR count). The first-order valence-corrected chi connectivity index (χ1v) is 4.63. The summed E-state index contributed by atoms with van der Waals surface area (Å²) < 4.78 is 0. The molecule has 76 valence electrons. The smallest absolute Gasteiger partial charge is 0.0354 e. The van der Waals surface area contributed by atoms with Crippen LogP contribution in [0.1, 0.15) is 13.8 Å². The number of rotatable bonds is 6. The predicted molar refractivity (Wildman–Crippen MR) is 65.1 cm³/mol. The van der Waals surface area contributed by atoms with E-state index in [4.69, 9.17) is 0 Å². The van der Waals surface area contributed by atoms with Gasteiger partial charge in [-0.05, 0) is 19.4 Å². The molecular weight excluding hydrogens is 170 g/mol. The highest BCUT2D eigenvalue weighted by Crippen LogP contribution is 2.03. The average molecular weight is 189 g/mol. The minimum atomic E-state index is 0.745. The molecule has 0 aliphatic carbocycles. The standard InChI is InChI=1S/C13H19N/c1-6-7-8-9-12(4)13(5)14-10-11(2)3/h6-9,14H,2,4-5,10H2,1,3H3/b7-6-,9-8-. The van der Waals surface area contributed by atoms with E-state index in [2.05, 4.69) is 25.1 Å². The van der Waals surface area contributed by atoms with Crippen LogP contribution in [-0.4, -0.2) is 6.54 Å². The molecule has 0 aliphatic rings. The second-order valence-electron chi connectivity index (χ2n) is 3.20. The van der Waals surface area contributed by atoms with Crippen molar-refractivity contribution < 1.29 is 0 Å². The van der Waals surface area contributed by atoms with Gasteiger partial charge in [0.05, 0.1) is 0 Å². The zero-order valence-electron chi connectivity index (χ0n) is 9.14. The molecule has 0 aromatic rings. The van der Waals surface area contributed by atoms with E-state index in [1.165, 1.54) is 0 Å². The Morgan fingerprint density at radius 3 is 2.36 bits per heavy atom. The van der Waals surface area contributed by atoms with Crippen LogP contribution in [0.15, 0.2) is 60.9 Å². The summed E-state index contributed by atoms with van der Waals surface area (Å²) in [5.74, 6) is 0. The molecule has 1 heteroatoms. The van der Waals surface area contributed by atoms with Crippen molar-refractivity contribution in [2.75, 3.05) is 6.54 Å². The van der Waals surface area contributed by atoms with Crippen molar-refractivity contribution in [2.45, 2.75) is 13.8 Å². The molecule has 0 bridgehead atoms. The minimum Gasteiger partial charge on any atom is -0.381 e. The molecule has 0 aromatic heterocycles. The number of nitrogens with one attached hydrogen (secondary N) is 1. The van der Waals surface area contributed by atoms with Crippen LogP contribution in [0.25, 0.3) is 0 Å². The van der Waals surface area contributed by atoms with Gasteiger partial charge in [-0.15, -0.1) is 0 Å². The first-order valence-electron chi connectivity index (χ1n) is 4.63. The summed E-state index contributed by atoms with van der Waals surface area (Å²) in [4.78, 5) is 0. The van der Waals surface area contributed by atoms with Gasteiger partial charge < -0.3 is 5.32 Å². The summed E-state index contributed by atoms with van der Waals surface area (Å²) in [6, 6.07) is 0. The van der Waals surface area contributed by atoms with Gasteiger partial charge in [0, 0.05) is 12.2 Å². The van der Waals surface area contributed by atoms with Crippen LogP contribution in [0.5, 0.6) is 0 Å². The molecule has 0 aromatic carbocycles. The monoisotopic (exact) mass is 189 g/mol. The summed E-state index contributed by atoms with van der Waals surface area (Å²) >= 11 is 0. The Balaban J connectivity index is 4.00. The van der Waals surface area contributed by atoms with Crippen LogP contribution < -0.4 is 5.32 Å². The fourth-order valence-corrected chi connectivity index (χ4v) is 0.755. The van der Waals surface area contributed by atoms with E-state index < -0.39 is 0 Å². The van der Waals surface area contributed by atoms with E-state index in [1.807, 2.05) is 38.2 Å². The Labute approximate surface area is 87.2 Å². The minimum absolute atomic E-state index is 0.745. The normalized spacial score (nSPS) is 10.7. The van der Waals surface area contributed by atoms with Crippen LogP contribution in [0, 0.1) is 0 Å². The molecule has 0 saturated carbocycles. The van der Waals surface area contributed by atoms with Gasteiger partial charge in [-0.1, -0.05) is 49.6 Å². The van der Waals surface area contributed by atoms with E-state index in [9.17, 15) is 0 Å². The summed E-state index contributed by atoms with van der Waals surface area (Å²) in [5, 5.41) is 3.14. The van der Waals surface area contributed by atoms with Gasteiger partial charge in [-0.2, -0.15) is 0 Å². The van der Waals surface area contributed by atoms with Crippen LogP contribution in [0.3, 0.4) is 0 Å². The van der Waals surface area contributed by atoms with Crippen molar-refractivity contribution >= 4 is 0 Å². The van der Waals surface area contributed by atoms with Gasteiger partial charge in [0.25, 0.3) is 0 Å². The third kappa shape index (κ3) is 6.06. The second-order valence-corrected chi connectivity index (χ2v) is 3.20. The molecule has 0 atom stereocenters. The first kappa shape index (κ1) is 12.5. The lowest BCUT2D eigenvalue weighted by molar-refractivity contribution is 0.893. The third-order valence-corrected chi connectivity index (χ3v) is 1.59. The molecule has 0 unspecified atom stereocenters. The molecule has 0 aliphatic heterocycles. The lowest BCUT2D eigenvalue weighted by atomic mass is 10.2. The predicted octanol–water partition coefficient (Wildman–Crippen LogP) is 3.35.